The number of hydrogen-bond acceptors (Lipinski definition) is 1. The van der Waals surface area contributed by atoms with Crippen molar-refractivity contribution in [2.75, 3.05) is 0 Å². The monoisotopic (exact) mass is 136 g/mol. The molecule has 0 radical (unpaired) electrons. The van der Waals surface area contributed by atoms with Gasteiger partial charge >= 0.3 is 51.4 Å². The van der Waals surface area contributed by atoms with Crippen LogP contribution in [0.15, 0.2) is 12.2 Å². The predicted molar refractivity (Wildman–Crippen MR) is 35.1 cm³/mol. The van der Waals surface area contributed by atoms with Crippen molar-refractivity contribution in [2.45, 2.75) is 19.3 Å². The summed E-state index contributed by atoms with van der Waals surface area (Å²) in [6.45, 7) is 0. The van der Waals surface area contributed by atoms with Crippen LogP contribution in [0, 0.1) is 0 Å². The molecule has 0 N–H and O–H groups in total. The summed E-state index contributed by atoms with van der Waals surface area (Å²) in [5, 5.41) is 0. The van der Waals surface area contributed by atoms with Gasteiger partial charge in [-0.15, -0.1) is 0 Å². The van der Waals surface area contributed by atoms with Crippen molar-refractivity contribution >= 4 is 57.2 Å². The Balaban J connectivity index is 0.000000490. The van der Waals surface area contributed by atoms with Crippen molar-refractivity contribution < 1.29 is 4.79 Å². The Morgan fingerprint density at radius 1 is 1.50 bits per heavy atom. The summed E-state index contributed by atoms with van der Waals surface area (Å²) in [5.74, 6) is 0.284. The van der Waals surface area contributed by atoms with Gasteiger partial charge in [-0.3, -0.25) is 4.79 Å². The van der Waals surface area contributed by atoms with Gasteiger partial charge in [0.15, 0.2) is 5.78 Å². The van der Waals surface area contributed by atoms with Gasteiger partial charge in [-0.1, -0.05) is 6.08 Å². The van der Waals surface area contributed by atoms with Crippen molar-refractivity contribution in [2.24, 2.45) is 0 Å². The first-order valence-corrected chi connectivity index (χ1v) is 2.59. The van der Waals surface area contributed by atoms with E-state index in [1.165, 1.54) is 0 Å². The first kappa shape index (κ1) is 9.05. The van der Waals surface area contributed by atoms with Crippen molar-refractivity contribution in [3.05, 3.63) is 12.2 Å². The summed E-state index contributed by atoms with van der Waals surface area (Å²) in [7, 11) is 0. The summed E-state index contributed by atoms with van der Waals surface area (Å²) < 4.78 is 0. The Morgan fingerprint density at radius 3 is 2.50 bits per heavy atom. The third-order valence-electron chi connectivity index (χ3n) is 1.10. The zero-order valence-corrected chi connectivity index (χ0v) is 4.18. The minimum absolute atomic E-state index is 0. The molecule has 1 rings (SSSR count). The fourth-order valence-electron chi connectivity index (χ4n) is 0.692. The second-order valence-electron chi connectivity index (χ2n) is 1.76. The van der Waals surface area contributed by atoms with Crippen LogP contribution >= 0.6 is 0 Å². The molecule has 1 aliphatic carbocycles. The molecule has 40 valence electrons. The summed E-state index contributed by atoms with van der Waals surface area (Å²) >= 11 is 0. The summed E-state index contributed by atoms with van der Waals surface area (Å²) in [5.41, 5.74) is 0. The number of carbonyl (C=O) groups is 1. The number of ketones is 1. The fourth-order valence-corrected chi connectivity index (χ4v) is 0.692. The Kier molecular flexibility index (Phi) is 5.52. The van der Waals surface area contributed by atoms with E-state index in [1.807, 2.05) is 6.08 Å². The Morgan fingerprint density at radius 2 is 2.25 bits per heavy atom. The van der Waals surface area contributed by atoms with E-state index < -0.39 is 0 Å². The molecule has 0 aliphatic heterocycles. The Hall–Kier alpha value is 1.05. The molecule has 0 aromatic heterocycles. The topological polar surface area (TPSA) is 17.1 Å². The third kappa shape index (κ3) is 3.15. The molecule has 0 fully saturated rings. The van der Waals surface area contributed by atoms with Gasteiger partial charge in [0.05, 0.1) is 0 Å². The molecule has 8 heavy (non-hydrogen) atoms. The van der Waals surface area contributed by atoms with Gasteiger partial charge in [0.25, 0.3) is 0 Å². The third-order valence-corrected chi connectivity index (χ3v) is 1.10. The van der Waals surface area contributed by atoms with Crippen LogP contribution < -0.4 is 0 Å². The van der Waals surface area contributed by atoms with Crippen LogP contribution in [0.4, 0.5) is 0 Å². The van der Waals surface area contributed by atoms with Gasteiger partial charge in [-0.2, -0.15) is 0 Å². The van der Waals surface area contributed by atoms with Crippen LogP contribution in [-0.2, 0) is 4.79 Å². The number of hydrogen-bond donors (Lipinski definition) is 0. The van der Waals surface area contributed by atoms with Gasteiger partial charge in [0.2, 0.25) is 0 Å². The zero-order chi connectivity index (χ0) is 5.11. The maximum atomic E-state index is 10.4. The predicted octanol–water partition coefficient (Wildman–Crippen LogP) is 0.647. The second kappa shape index (κ2) is 4.88. The molecular formula is C6H9KO. The van der Waals surface area contributed by atoms with Crippen LogP contribution in [0.25, 0.3) is 0 Å². The van der Waals surface area contributed by atoms with Gasteiger partial charge in [-0.05, 0) is 18.9 Å². The molecule has 0 bridgehead atoms. The van der Waals surface area contributed by atoms with E-state index in [2.05, 4.69) is 0 Å². The van der Waals surface area contributed by atoms with Crippen molar-refractivity contribution in [1.29, 1.82) is 0 Å². The molecule has 0 unspecified atom stereocenters. The normalized spacial score (nSPS) is 17.8. The van der Waals surface area contributed by atoms with Crippen LogP contribution in [0.1, 0.15) is 19.3 Å². The molecule has 0 amide bonds. The van der Waals surface area contributed by atoms with Crippen LogP contribution in [0.3, 0.4) is 0 Å². The summed E-state index contributed by atoms with van der Waals surface area (Å²) in [6.07, 6.45) is 6.51. The van der Waals surface area contributed by atoms with Crippen molar-refractivity contribution in [3.8, 4) is 0 Å². The van der Waals surface area contributed by atoms with E-state index in [1.54, 1.807) is 6.08 Å². The molecule has 0 atom stereocenters. The van der Waals surface area contributed by atoms with E-state index >= 15 is 0 Å². The average Bonchev–Trinajstić information content (AvgIpc) is 1.69. The molecule has 0 spiro atoms. The molecule has 1 nitrogen and oxygen atoms in total. The number of carbonyl (C=O) groups excluding carboxylic acids is 1. The van der Waals surface area contributed by atoms with E-state index in [4.69, 9.17) is 0 Å². The van der Waals surface area contributed by atoms with Crippen molar-refractivity contribution in [3.63, 3.8) is 0 Å². The average molecular weight is 136 g/mol. The molecule has 0 saturated heterocycles. The van der Waals surface area contributed by atoms with Crippen LogP contribution in [0.2, 0.25) is 0 Å². The quantitative estimate of drug-likeness (QED) is 0.447. The summed E-state index contributed by atoms with van der Waals surface area (Å²) in [4.78, 5) is 10.4. The number of rotatable bonds is 0. The van der Waals surface area contributed by atoms with Crippen molar-refractivity contribution in [1.82, 2.24) is 0 Å². The van der Waals surface area contributed by atoms with Gasteiger partial charge < -0.3 is 0 Å². The molecule has 0 saturated carbocycles. The summed E-state index contributed by atoms with van der Waals surface area (Å²) in [6, 6.07) is 0. The van der Waals surface area contributed by atoms with E-state index in [0.717, 1.165) is 19.3 Å². The minimum atomic E-state index is 0. The molecular weight excluding hydrogens is 127 g/mol. The van der Waals surface area contributed by atoms with E-state index in [9.17, 15) is 4.79 Å². The van der Waals surface area contributed by atoms with Crippen LogP contribution in [0.5, 0.6) is 0 Å². The molecule has 1 aliphatic rings. The van der Waals surface area contributed by atoms with E-state index in [0.29, 0.717) is 0 Å². The standard InChI is InChI=1S/C6H8O.K.H/c7-6-4-2-1-3-5-6;;/h2,4H,1,3,5H2;;. The Bertz CT molecular complexity index is 107. The molecule has 0 aromatic rings. The molecule has 0 aromatic carbocycles. The van der Waals surface area contributed by atoms with Gasteiger partial charge in [0.1, 0.15) is 0 Å². The SMILES string of the molecule is O=C1C=CCCC1.[KH]. The first-order chi connectivity index (χ1) is 3.39. The van der Waals surface area contributed by atoms with Gasteiger partial charge in [-0.25, -0.2) is 0 Å². The Labute approximate surface area is 92.0 Å². The molecule has 2 heteroatoms. The van der Waals surface area contributed by atoms with Gasteiger partial charge in [0, 0.05) is 6.42 Å². The zero-order valence-electron chi connectivity index (χ0n) is 4.18. The van der Waals surface area contributed by atoms with Crippen LogP contribution in [-0.4, -0.2) is 57.2 Å². The number of allylic oxidation sites excluding steroid dienone is 2. The second-order valence-corrected chi connectivity index (χ2v) is 1.76. The first-order valence-electron chi connectivity index (χ1n) is 2.59. The molecule has 0 heterocycles. The van der Waals surface area contributed by atoms with E-state index in [-0.39, 0.29) is 57.2 Å². The maximum absolute atomic E-state index is 10.4. The fraction of sp³-hybridized carbons (Fsp3) is 0.500.